The van der Waals surface area contributed by atoms with E-state index in [9.17, 15) is 8.42 Å². The number of benzene rings is 2. The second-order valence-electron chi connectivity index (χ2n) is 4.87. The largest absolute Gasteiger partial charge is 0.492 e. The van der Waals surface area contributed by atoms with Crippen molar-refractivity contribution in [2.24, 2.45) is 0 Å². The lowest BCUT2D eigenvalue weighted by Crippen LogP contribution is -2.21. The standard InChI is InChI=1S/C16H17Cl2NO3S/c1-2-12-6-8-13(9-7-12)22-10-11-23(20,21)19-15-5-3-4-14(17)16(15)18/h3-9,19H,2,10-11H2,1H3. The summed E-state index contributed by atoms with van der Waals surface area (Å²) in [5.74, 6) is 0.448. The lowest BCUT2D eigenvalue weighted by molar-refractivity contribution is 0.341. The maximum absolute atomic E-state index is 12.1. The Morgan fingerprint density at radius 2 is 1.78 bits per heavy atom. The first-order valence-corrected chi connectivity index (χ1v) is 9.48. The van der Waals surface area contributed by atoms with Gasteiger partial charge < -0.3 is 4.74 Å². The molecule has 0 heterocycles. The molecule has 7 heteroatoms. The van der Waals surface area contributed by atoms with Gasteiger partial charge in [0.25, 0.3) is 0 Å². The van der Waals surface area contributed by atoms with Gasteiger partial charge in [0.2, 0.25) is 10.0 Å². The van der Waals surface area contributed by atoms with Crippen LogP contribution in [0.1, 0.15) is 12.5 Å². The number of ether oxygens (including phenoxy) is 1. The van der Waals surface area contributed by atoms with E-state index in [0.29, 0.717) is 10.8 Å². The molecule has 0 fully saturated rings. The van der Waals surface area contributed by atoms with E-state index >= 15 is 0 Å². The number of aryl methyl sites for hydroxylation is 1. The van der Waals surface area contributed by atoms with Crippen LogP contribution in [-0.4, -0.2) is 20.8 Å². The van der Waals surface area contributed by atoms with Crippen molar-refractivity contribution in [3.63, 3.8) is 0 Å². The van der Waals surface area contributed by atoms with Crippen LogP contribution >= 0.6 is 23.2 Å². The van der Waals surface area contributed by atoms with Crippen molar-refractivity contribution in [3.05, 3.63) is 58.1 Å². The Balaban J connectivity index is 1.92. The van der Waals surface area contributed by atoms with Gasteiger partial charge in [-0.15, -0.1) is 0 Å². The molecule has 0 saturated heterocycles. The molecule has 2 rings (SSSR count). The lowest BCUT2D eigenvalue weighted by Gasteiger charge is -2.11. The molecule has 0 aromatic heterocycles. The summed E-state index contributed by atoms with van der Waals surface area (Å²) in [4.78, 5) is 0. The van der Waals surface area contributed by atoms with Gasteiger partial charge in [-0.25, -0.2) is 8.42 Å². The molecule has 2 aromatic carbocycles. The SMILES string of the molecule is CCc1ccc(OCCS(=O)(=O)Nc2cccc(Cl)c2Cl)cc1. The fourth-order valence-corrected chi connectivity index (χ4v) is 3.21. The molecule has 0 atom stereocenters. The summed E-state index contributed by atoms with van der Waals surface area (Å²) in [7, 11) is -3.57. The van der Waals surface area contributed by atoms with E-state index in [4.69, 9.17) is 27.9 Å². The Hall–Kier alpha value is -1.43. The van der Waals surface area contributed by atoms with E-state index in [0.717, 1.165) is 6.42 Å². The van der Waals surface area contributed by atoms with Crippen LogP contribution in [0.3, 0.4) is 0 Å². The molecule has 0 saturated carbocycles. The second kappa shape index (κ2) is 7.90. The zero-order valence-electron chi connectivity index (χ0n) is 12.6. The molecule has 0 spiro atoms. The molecule has 0 aliphatic heterocycles. The highest BCUT2D eigenvalue weighted by molar-refractivity contribution is 7.92. The maximum Gasteiger partial charge on any atom is 0.236 e. The quantitative estimate of drug-likeness (QED) is 0.783. The lowest BCUT2D eigenvalue weighted by atomic mass is 10.2. The summed E-state index contributed by atoms with van der Waals surface area (Å²) < 4.78 is 32.0. The van der Waals surface area contributed by atoms with Gasteiger partial charge in [0.1, 0.15) is 18.1 Å². The first kappa shape index (κ1) is 17.9. The van der Waals surface area contributed by atoms with Crippen LogP contribution in [0, 0.1) is 0 Å². The number of nitrogens with one attached hydrogen (secondary N) is 1. The molecule has 4 nitrogen and oxygen atoms in total. The summed E-state index contributed by atoms with van der Waals surface area (Å²) in [6, 6.07) is 12.3. The minimum absolute atomic E-state index is 0.0407. The van der Waals surface area contributed by atoms with Gasteiger partial charge >= 0.3 is 0 Å². The second-order valence-corrected chi connectivity index (χ2v) is 7.50. The van der Waals surface area contributed by atoms with Crippen molar-refractivity contribution < 1.29 is 13.2 Å². The topological polar surface area (TPSA) is 55.4 Å². The molecule has 0 amide bonds. The van der Waals surface area contributed by atoms with E-state index in [1.165, 1.54) is 5.56 Å². The van der Waals surface area contributed by atoms with Gasteiger partial charge in [-0.2, -0.15) is 0 Å². The molecule has 0 radical (unpaired) electrons. The molecule has 2 aromatic rings. The third-order valence-corrected chi connectivity index (χ3v) is 5.22. The average Bonchev–Trinajstić information content (AvgIpc) is 2.52. The highest BCUT2D eigenvalue weighted by Crippen LogP contribution is 2.30. The predicted octanol–water partition coefficient (Wildman–Crippen LogP) is 4.38. The van der Waals surface area contributed by atoms with Crippen LogP contribution in [-0.2, 0) is 16.4 Å². The minimum atomic E-state index is -3.57. The van der Waals surface area contributed by atoms with E-state index in [1.807, 2.05) is 24.3 Å². The summed E-state index contributed by atoms with van der Waals surface area (Å²) in [5.41, 5.74) is 1.45. The molecule has 23 heavy (non-hydrogen) atoms. The minimum Gasteiger partial charge on any atom is -0.492 e. The van der Waals surface area contributed by atoms with Crippen molar-refractivity contribution in [2.75, 3.05) is 17.1 Å². The maximum atomic E-state index is 12.1. The van der Waals surface area contributed by atoms with Crippen LogP contribution in [0.15, 0.2) is 42.5 Å². The van der Waals surface area contributed by atoms with E-state index in [-0.39, 0.29) is 23.1 Å². The van der Waals surface area contributed by atoms with Crippen molar-refractivity contribution in [1.29, 1.82) is 0 Å². The van der Waals surface area contributed by atoms with E-state index in [2.05, 4.69) is 11.6 Å². The van der Waals surface area contributed by atoms with Gasteiger partial charge in [-0.1, -0.05) is 48.3 Å². The Kier molecular flexibility index (Phi) is 6.16. The van der Waals surface area contributed by atoms with Crippen LogP contribution in [0.4, 0.5) is 5.69 Å². The summed E-state index contributed by atoms with van der Waals surface area (Å²) in [6.07, 6.45) is 0.943. The number of hydrogen-bond acceptors (Lipinski definition) is 3. The first-order valence-electron chi connectivity index (χ1n) is 7.07. The molecular formula is C16H17Cl2NO3S. The monoisotopic (exact) mass is 373 g/mol. The Labute approximate surface area is 146 Å². The zero-order valence-corrected chi connectivity index (χ0v) is 14.9. The Morgan fingerprint density at radius 1 is 1.09 bits per heavy atom. The molecular weight excluding hydrogens is 357 g/mol. The smallest absolute Gasteiger partial charge is 0.236 e. The fraction of sp³-hybridized carbons (Fsp3) is 0.250. The van der Waals surface area contributed by atoms with Crippen molar-refractivity contribution in [2.45, 2.75) is 13.3 Å². The van der Waals surface area contributed by atoms with Crippen LogP contribution in [0.2, 0.25) is 10.0 Å². The van der Waals surface area contributed by atoms with Gasteiger partial charge in [0.05, 0.1) is 15.7 Å². The molecule has 1 N–H and O–H groups in total. The average molecular weight is 374 g/mol. The van der Waals surface area contributed by atoms with Crippen molar-refractivity contribution in [1.82, 2.24) is 0 Å². The highest BCUT2D eigenvalue weighted by atomic mass is 35.5. The number of halogens is 2. The predicted molar refractivity (Wildman–Crippen MR) is 95.2 cm³/mol. The molecule has 0 bridgehead atoms. The normalized spacial score (nSPS) is 11.3. The van der Waals surface area contributed by atoms with Gasteiger partial charge in [0, 0.05) is 0 Å². The van der Waals surface area contributed by atoms with Crippen molar-refractivity contribution >= 4 is 38.9 Å². The van der Waals surface area contributed by atoms with E-state index in [1.54, 1.807) is 18.2 Å². The van der Waals surface area contributed by atoms with E-state index < -0.39 is 10.0 Å². The number of hydrogen-bond donors (Lipinski definition) is 1. The Morgan fingerprint density at radius 3 is 2.43 bits per heavy atom. The van der Waals surface area contributed by atoms with Gasteiger partial charge in [-0.05, 0) is 36.2 Å². The highest BCUT2D eigenvalue weighted by Gasteiger charge is 2.14. The van der Waals surface area contributed by atoms with Crippen LogP contribution in [0.25, 0.3) is 0 Å². The summed E-state index contributed by atoms with van der Waals surface area (Å²) in [5, 5.41) is 0.466. The summed E-state index contributed by atoms with van der Waals surface area (Å²) >= 11 is 11.8. The third kappa shape index (κ3) is 5.30. The molecule has 0 unspecified atom stereocenters. The van der Waals surface area contributed by atoms with Crippen LogP contribution in [0.5, 0.6) is 5.75 Å². The van der Waals surface area contributed by atoms with Crippen LogP contribution < -0.4 is 9.46 Å². The van der Waals surface area contributed by atoms with Gasteiger partial charge in [0.15, 0.2) is 0 Å². The molecule has 0 aliphatic rings. The number of sulfonamides is 1. The Bertz CT molecular complexity index is 761. The number of rotatable bonds is 7. The van der Waals surface area contributed by atoms with Gasteiger partial charge in [-0.3, -0.25) is 4.72 Å². The zero-order chi connectivity index (χ0) is 16.9. The third-order valence-electron chi connectivity index (χ3n) is 3.17. The molecule has 0 aliphatic carbocycles. The molecule has 124 valence electrons. The van der Waals surface area contributed by atoms with Crippen molar-refractivity contribution in [3.8, 4) is 5.75 Å². The first-order chi connectivity index (χ1) is 10.9. The number of anilines is 1. The fourth-order valence-electron chi connectivity index (χ4n) is 1.89. The summed E-state index contributed by atoms with van der Waals surface area (Å²) in [6.45, 7) is 2.11.